The molecular formula is C12H13BrFN3. The predicted octanol–water partition coefficient (Wildman–Crippen LogP) is 3.48. The molecule has 90 valence electrons. The zero-order valence-electron chi connectivity index (χ0n) is 9.61. The number of aromatic nitrogens is 2. The highest BCUT2D eigenvalue weighted by atomic mass is 79.9. The summed E-state index contributed by atoms with van der Waals surface area (Å²) in [7, 11) is 0. The fraction of sp³-hybridized carbons (Fsp3) is 0.250. The van der Waals surface area contributed by atoms with Gasteiger partial charge < -0.3 is 5.73 Å². The number of benzene rings is 1. The number of hydrogen-bond acceptors (Lipinski definition) is 2. The van der Waals surface area contributed by atoms with Crippen LogP contribution in [0.1, 0.15) is 25.5 Å². The molecule has 1 aromatic carbocycles. The van der Waals surface area contributed by atoms with E-state index in [4.69, 9.17) is 5.73 Å². The van der Waals surface area contributed by atoms with Gasteiger partial charge in [-0.1, -0.05) is 13.8 Å². The van der Waals surface area contributed by atoms with Crippen molar-refractivity contribution in [1.29, 1.82) is 0 Å². The molecule has 0 unspecified atom stereocenters. The Balaban J connectivity index is 2.49. The molecule has 0 amide bonds. The number of rotatable bonds is 2. The van der Waals surface area contributed by atoms with Crippen LogP contribution in [-0.4, -0.2) is 9.78 Å². The molecule has 0 bridgehead atoms. The molecular weight excluding hydrogens is 285 g/mol. The van der Waals surface area contributed by atoms with E-state index in [1.807, 2.05) is 6.07 Å². The lowest BCUT2D eigenvalue weighted by atomic mass is 10.1. The Morgan fingerprint density at radius 1 is 1.41 bits per heavy atom. The van der Waals surface area contributed by atoms with Gasteiger partial charge in [0.1, 0.15) is 5.82 Å². The van der Waals surface area contributed by atoms with Crippen LogP contribution in [0.5, 0.6) is 0 Å². The van der Waals surface area contributed by atoms with Crippen molar-refractivity contribution in [3.05, 3.63) is 40.4 Å². The van der Waals surface area contributed by atoms with Gasteiger partial charge in [-0.15, -0.1) is 0 Å². The molecule has 1 heterocycles. The van der Waals surface area contributed by atoms with E-state index >= 15 is 0 Å². The van der Waals surface area contributed by atoms with E-state index in [1.54, 1.807) is 16.9 Å². The lowest BCUT2D eigenvalue weighted by Gasteiger charge is -2.07. The molecule has 1 aromatic heterocycles. The van der Waals surface area contributed by atoms with Crippen molar-refractivity contribution in [3.63, 3.8) is 0 Å². The first-order valence-electron chi connectivity index (χ1n) is 5.29. The maximum Gasteiger partial charge on any atom is 0.139 e. The van der Waals surface area contributed by atoms with E-state index in [2.05, 4.69) is 34.9 Å². The van der Waals surface area contributed by atoms with Crippen molar-refractivity contribution >= 4 is 21.6 Å². The average molecular weight is 298 g/mol. The average Bonchev–Trinajstić information content (AvgIpc) is 2.72. The zero-order chi connectivity index (χ0) is 12.6. The number of anilines is 1. The van der Waals surface area contributed by atoms with E-state index in [-0.39, 0.29) is 5.82 Å². The van der Waals surface area contributed by atoms with Gasteiger partial charge in [0.05, 0.1) is 21.5 Å². The molecule has 0 saturated heterocycles. The van der Waals surface area contributed by atoms with Gasteiger partial charge in [0, 0.05) is 12.3 Å². The second kappa shape index (κ2) is 4.49. The lowest BCUT2D eigenvalue weighted by molar-refractivity contribution is 0.618. The minimum atomic E-state index is -0.351. The van der Waals surface area contributed by atoms with Gasteiger partial charge >= 0.3 is 0 Å². The van der Waals surface area contributed by atoms with Crippen molar-refractivity contribution < 1.29 is 4.39 Å². The Hall–Kier alpha value is -1.36. The van der Waals surface area contributed by atoms with Crippen LogP contribution in [0.25, 0.3) is 5.69 Å². The smallest absolute Gasteiger partial charge is 0.139 e. The number of nitrogens with two attached hydrogens (primary N) is 1. The Bertz CT molecular complexity index is 549. The van der Waals surface area contributed by atoms with Crippen molar-refractivity contribution in [2.24, 2.45) is 0 Å². The highest BCUT2D eigenvalue weighted by Gasteiger charge is 2.10. The SMILES string of the molecule is CC(C)c1ccn(-c2cc(F)c(Br)cc2N)n1. The van der Waals surface area contributed by atoms with E-state index in [1.165, 1.54) is 6.07 Å². The van der Waals surface area contributed by atoms with Crippen LogP contribution in [0.2, 0.25) is 0 Å². The lowest BCUT2D eigenvalue weighted by Crippen LogP contribution is -2.02. The molecule has 0 aliphatic rings. The van der Waals surface area contributed by atoms with Gasteiger partial charge in [0.2, 0.25) is 0 Å². The summed E-state index contributed by atoms with van der Waals surface area (Å²) in [5.41, 5.74) is 7.84. The van der Waals surface area contributed by atoms with Crippen LogP contribution in [-0.2, 0) is 0 Å². The Morgan fingerprint density at radius 2 is 2.12 bits per heavy atom. The Morgan fingerprint density at radius 3 is 2.71 bits per heavy atom. The van der Waals surface area contributed by atoms with Crippen LogP contribution >= 0.6 is 15.9 Å². The highest BCUT2D eigenvalue weighted by Crippen LogP contribution is 2.25. The van der Waals surface area contributed by atoms with E-state index in [0.29, 0.717) is 21.8 Å². The first-order valence-corrected chi connectivity index (χ1v) is 6.09. The first kappa shape index (κ1) is 12.1. The van der Waals surface area contributed by atoms with Gasteiger partial charge in [-0.05, 0) is 34.0 Å². The fourth-order valence-corrected chi connectivity index (χ4v) is 1.89. The molecule has 5 heteroatoms. The predicted molar refractivity (Wildman–Crippen MR) is 69.7 cm³/mol. The molecule has 2 rings (SSSR count). The minimum absolute atomic E-state index is 0.331. The fourth-order valence-electron chi connectivity index (χ4n) is 1.53. The normalized spacial score (nSPS) is 11.1. The third-order valence-corrected chi connectivity index (χ3v) is 3.13. The summed E-state index contributed by atoms with van der Waals surface area (Å²) < 4.78 is 15.4. The number of nitrogen functional groups attached to an aromatic ring is 1. The number of halogens is 2. The summed E-state index contributed by atoms with van der Waals surface area (Å²) >= 11 is 3.10. The molecule has 3 nitrogen and oxygen atoms in total. The van der Waals surface area contributed by atoms with Crippen molar-refractivity contribution in [2.75, 3.05) is 5.73 Å². The van der Waals surface area contributed by atoms with Crippen molar-refractivity contribution in [3.8, 4) is 5.69 Å². The van der Waals surface area contributed by atoms with Crippen molar-refractivity contribution in [1.82, 2.24) is 9.78 Å². The Labute approximate surface area is 108 Å². The molecule has 0 aliphatic carbocycles. The maximum absolute atomic E-state index is 13.5. The number of hydrogen-bond donors (Lipinski definition) is 1. The van der Waals surface area contributed by atoms with Crippen LogP contribution in [0.3, 0.4) is 0 Å². The van der Waals surface area contributed by atoms with Crippen LogP contribution in [0, 0.1) is 5.82 Å². The summed E-state index contributed by atoms with van der Waals surface area (Å²) in [6, 6.07) is 4.82. The summed E-state index contributed by atoms with van der Waals surface area (Å²) in [6.07, 6.45) is 1.79. The van der Waals surface area contributed by atoms with Crippen molar-refractivity contribution in [2.45, 2.75) is 19.8 Å². The molecule has 0 saturated carbocycles. The van der Waals surface area contributed by atoms with Crippen LogP contribution in [0.15, 0.2) is 28.9 Å². The third-order valence-electron chi connectivity index (χ3n) is 2.52. The van der Waals surface area contributed by atoms with E-state index in [0.717, 1.165) is 5.69 Å². The maximum atomic E-state index is 13.5. The molecule has 0 spiro atoms. The standard InChI is InChI=1S/C12H13BrFN3/c1-7(2)11-3-4-17(16-11)12-6-9(14)8(13)5-10(12)15/h3-7H,15H2,1-2H3. The van der Waals surface area contributed by atoms with E-state index < -0.39 is 0 Å². The highest BCUT2D eigenvalue weighted by molar-refractivity contribution is 9.10. The largest absolute Gasteiger partial charge is 0.397 e. The van der Waals surface area contributed by atoms with Gasteiger partial charge in [-0.2, -0.15) is 5.10 Å². The summed E-state index contributed by atoms with van der Waals surface area (Å²) in [6.45, 7) is 4.11. The molecule has 17 heavy (non-hydrogen) atoms. The second-order valence-corrected chi connectivity index (χ2v) is 5.02. The zero-order valence-corrected chi connectivity index (χ0v) is 11.2. The monoisotopic (exact) mass is 297 g/mol. The molecule has 2 aromatic rings. The summed E-state index contributed by atoms with van der Waals surface area (Å²) in [4.78, 5) is 0. The van der Waals surface area contributed by atoms with Gasteiger partial charge in [-0.25, -0.2) is 9.07 Å². The first-order chi connectivity index (χ1) is 7.99. The van der Waals surface area contributed by atoms with Gasteiger partial charge in [0.15, 0.2) is 0 Å². The quantitative estimate of drug-likeness (QED) is 0.863. The molecule has 0 atom stereocenters. The third kappa shape index (κ3) is 2.34. The summed E-state index contributed by atoms with van der Waals surface area (Å²) in [5.74, 6) is -0.0198. The topological polar surface area (TPSA) is 43.8 Å². The summed E-state index contributed by atoms with van der Waals surface area (Å²) in [5, 5.41) is 4.37. The van der Waals surface area contributed by atoms with Crippen LogP contribution < -0.4 is 5.73 Å². The van der Waals surface area contributed by atoms with Gasteiger partial charge in [0.25, 0.3) is 0 Å². The molecule has 2 N–H and O–H groups in total. The minimum Gasteiger partial charge on any atom is -0.397 e. The second-order valence-electron chi connectivity index (χ2n) is 4.17. The molecule has 0 fully saturated rings. The van der Waals surface area contributed by atoms with Crippen LogP contribution in [0.4, 0.5) is 10.1 Å². The Kier molecular flexibility index (Phi) is 3.19. The number of nitrogens with zero attached hydrogens (tertiary/aromatic N) is 2. The molecule has 0 aliphatic heterocycles. The van der Waals surface area contributed by atoms with E-state index in [9.17, 15) is 4.39 Å². The molecule has 0 radical (unpaired) electrons. The van der Waals surface area contributed by atoms with Gasteiger partial charge in [-0.3, -0.25) is 0 Å².